The van der Waals surface area contributed by atoms with Crippen molar-refractivity contribution in [1.29, 1.82) is 0 Å². The molecule has 0 radical (unpaired) electrons. The van der Waals surface area contributed by atoms with Gasteiger partial charge >= 0.3 is 0 Å². The van der Waals surface area contributed by atoms with Crippen molar-refractivity contribution in [1.82, 2.24) is 5.32 Å². The molecule has 3 rings (SSSR count). The molecule has 1 N–H and O–H groups in total. The second-order valence-electron chi connectivity index (χ2n) is 7.70. The molecule has 3 unspecified atom stereocenters. The topological polar surface area (TPSA) is 12.0 Å². The highest BCUT2D eigenvalue weighted by Crippen LogP contribution is 2.42. The molecule has 0 amide bonds. The molecule has 1 saturated carbocycles. The average Bonchev–Trinajstić information content (AvgIpc) is 2.43. The van der Waals surface area contributed by atoms with Crippen LogP contribution in [0, 0.1) is 5.92 Å². The van der Waals surface area contributed by atoms with Gasteiger partial charge in [0.15, 0.2) is 0 Å². The molecule has 0 spiro atoms. The Kier molecular flexibility index (Phi) is 3.90. The first-order chi connectivity index (χ1) is 9.56. The first kappa shape index (κ1) is 14.1. The number of hydrogen-bond donors (Lipinski definition) is 1. The smallest absolute Gasteiger partial charge is 0.0325 e. The number of nitrogens with one attached hydrogen (secondary N) is 1. The first-order valence-electron chi connectivity index (χ1n) is 8.42. The van der Waals surface area contributed by atoms with E-state index in [4.69, 9.17) is 0 Å². The zero-order chi connectivity index (χ0) is 14.2. The van der Waals surface area contributed by atoms with E-state index in [1.165, 1.54) is 38.5 Å². The zero-order valence-corrected chi connectivity index (χ0v) is 13.3. The van der Waals surface area contributed by atoms with Crippen LogP contribution in [0.5, 0.6) is 0 Å². The van der Waals surface area contributed by atoms with E-state index >= 15 is 0 Å². The van der Waals surface area contributed by atoms with Crippen LogP contribution >= 0.6 is 0 Å². The summed E-state index contributed by atoms with van der Waals surface area (Å²) in [6, 6.07) is 10.4. The van der Waals surface area contributed by atoms with Crippen LogP contribution in [0.25, 0.3) is 0 Å². The predicted molar refractivity (Wildman–Crippen MR) is 86.0 cm³/mol. The third-order valence-electron chi connectivity index (χ3n) is 5.50. The van der Waals surface area contributed by atoms with Crippen LogP contribution in [0.2, 0.25) is 0 Å². The minimum atomic E-state index is 0.342. The molecule has 0 bridgehead atoms. The van der Waals surface area contributed by atoms with Gasteiger partial charge in [-0.25, -0.2) is 0 Å². The molecular formula is C19H29N. The molecule has 0 saturated heterocycles. The Balaban J connectivity index is 1.78. The van der Waals surface area contributed by atoms with Gasteiger partial charge in [-0.2, -0.15) is 0 Å². The van der Waals surface area contributed by atoms with Gasteiger partial charge in [-0.15, -0.1) is 0 Å². The molecular weight excluding hydrogens is 242 g/mol. The zero-order valence-electron chi connectivity index (χ0n) is 13.3. The Morgan fingerprint density at radius 1 is 1.10 bits per heavy atom. The fourth-order valence-corrected chi connectivity index (χ4v) is 4.26. The maximum atomic E-state index is 3.98. The molecule has 0 aliphatic heterocycles. The molecule has 110 valence electrons. The molecule has 0 heterocycles. The van der Waals surface area contributed by atoms with E-state index in [0.717, 1.165) is 12.0 Å². The summed E-state index contributed by atoms with van der Waals surface area (Å²) in [7, 11) is 0. The number of benzene rings is 1. The van der Waals surface area contributed by atoms with Crippen LogP contribution in [0.1, 0.15) is 76.5 Å². The Hall–Kier alpha value is -0.820. The van der Waals surface area contributed by atoms with Gasteiger partial charge in [0, 0.05) is 12.1 Å². The SMILES string of the molecule is CC1CCCC(NC2CCC(C)(C)c3ccccc32)C1. The van der Waals surface area contributed by atoms with Crippen molar-refractivity contribution in [3.63, 3.8) is 0 Å². The molecule has 1 heteroatoms. The van der Waals surface area contributed by atoms with Crippen LogP contribution < -0.4 is 5.32 Å². The summed E-state index contributed by atoms with van der Waals surface area (Å²) in [5.74, 6) is 0.900. The summed E-state index contributed by atoms with van der Waals surface area (Å²) in [4.78, 5) is 0. The van der Waals surface area contributed by atoms with Crippen molar-refractivity contribution >= 4 is 0 Å². The third-order valence-corrected chi connectivity index (χ3v) is 5.50. The molecule has 20 heavy (non-hydrogen) atoms. The van der Waals surface area contributed by atoms with Crippen molar-refractivity contribution in [3.8, 4) is 0 Å². The van der Waals surface area contributed by atoms with Crippen molar-refractivity contribution < 1.29 is 0 Å². The van der Waals surface area contributed by atoms with Crippen molar-refractivity contribution in [2.75, 3.05) is 0 Å². The van der Waals surface area contributed by atoms with E-state index in [1.54, 1.807) is 11.1 Å². The van der Waals surface area contributed by atoms with Gasteiger partial charge in [-0.05, 0) is 48.1 Å². The Labute approximate surface area is 124 Å². The summed E-state index contributed by atoms with van der Waals surface area (Å²) >= 11 is 0. The van der Waals surface area contributed by atoms with Gasteiger partial charge in [0.2, 0.25) is 0 Å². The lowest BCUT2D eigenvalue weighted by molar-refractivity contribution is 0.258. The molecule has 1 nitrogen and oxygen atoms in total. The van der Waals surface area contributed by atoms with Crippen LogP contribution in [-0.2, 0) is 5.41 Å². The van der Waals surface area contributed by atoms with Gasteiger partial charge in [0.25, 0.3) is 0 Å². The molecule has 3 atom stereocenters. The highest BCUT2D eigenvalue weighted by molar-refractivity contribution is 5.38. The molecule has 1 aromatic rings. The summed E-state index contributed by atoms with van der Waals surface area (Å²) in [5.41, 5.74) is 3.46. The highest BCUT2D eigenvalue weighted by Gasteiger charge is 2.33. The van der Waals surface area contributed by atoms with Crippen molar-refractivity contribution in [2.24, 2.45) is 5.92 Å². The standard InChI is InChI=1S/C19H29N/c1-14-7-6-8-15(13-14)20-18-11-12-19(2,3)17-10-5-4-9-16(17)18/h4-5,9-10,14-15,18,20H,6-8,11-13H2,1-3H3. The van der Waals surface area contributed by atoms with Crippen molar-refractivity contribution in [3.05, 3.63) is 35.4 Å². The fraction of sp³-hybridized carbons (Fsp3) is 0.684. The van der Waals surface area contributed by atoms with Gasteiger partial charge in [-0.1, -0.05) is 57.9 Å². The minimum Gasteiger partial charge on any atom is -0.307 e. The monoisotopic (exact) mass is 271 g/mol. The van der Waals surface area contributed by atoms with Crippen molar-refractivity contribution in [2.45, 2.75) is 76.8 Å². The Bertz CT molecular complexity index is 463. The number of hydrogen-bond acceptors (Lipinski definition) is 1. The van der Waals surface area contributed by atoms with Crippen LogP contribution in [0.4, 0.5) is 0 Å². The summed E-state index contributed by atoms with van der Waals surface area (Å²) in [6.07, 6.45) is 8.14. The van der Waals surface area contributed by atoms with Gasteiger partial charge in [0.1, 0.15) is 0 Å². The van der Waals surface area contributed by atoms with E-state index in [-0.39, 0.29) is 0 Å². The van der Waals surface area contributed by atoms with Crippen LogP contribution in [-0.4, -0.2) is 6.04 Å². The Morgan fingerprint density at radius 3 is 2.70 bits per heavy atom. The maximum absolute atomic E-state index is 3.98. The lowest BCUT2D eigenvalue weighted by Crippen LogP contribution is -2.40. The second kappa shape index (κ2) is 5.52. The molecule has 0 aromatic heterocycles. The molecule has 2 aliphatic rings. The first-order valence-corrected chi connectivity index (χ1v) is 8.42. The summed E-state index contributed by atoms with van der Waals surface area (Å²) in [5, 5.41) is 3.98. The van der Waals surface area contributed by atoms with E-state index in [9.17, 15) is 0 Å². The summed E-state index contributed by atoms with van der Waals surface area (Å²) < 4.78 is 0. The quantitative estimate of drug-likeness (QED) is 0.801. The van der Waals surface area contributed by atoms with E-state index < -0.39 is 0 Å². The predicted octanol–water partition coefficient (Wildman–Crippen LogP) is 4.97. The third kappa shape index (κ3) is 2.79. The average molecular weight is 271 g/mol. The van der Waals surface area contributed by atoms with Gasteiger partial charge in [0.05, 0.1) is 0 Å². The molecule has 1 fully saturated rings. The lowest BCUT2D eigenvalue weighted by Gasteiger charge is -2.40. The Morgan fingerprint density at radius 2 is 1.90 bits per heavy atom. The van der Waals surface area contributed by atoms with Gasteiger partial charge in [-0.3, -0.25) is 0 Å². The number of rotatable bonds is 2. The fourth-order valence-electron chi connectivity index (χ4n) is 4.26. The van der Waals surface area contributed by atoms with Crippen LogP contribution in [0.3, 0.4) is 0 Å². The van der Waals surface area contributed by atoms with Gasteiger partial charge < -0.3 is 5.32 Å². The largest absolute Gasteiger partial charge is 0.307 e. The summed E-state index contributed by atoms with van der Waals surface area (Å²) in [6.45, 7) is 7.20. The molecule has 2 aliphatic carbocycles. The van der Waals surface area contributed by atoms with E-state index in [2.05, 4.69) is 50.4 Å². The van der Waals surface area contributed by atoms with E-state index in [1.807, 2.05) is 0 Å². The van der Waals surface area contributed by atoms with Crippen LogP contribution in [0.15, 0.2) is 24.3 Å². The highest BCUT2D eigenvalue weighted by atomic mass is 15.0. The van der Waals surface area contributed by atoms with E-state index in [0.29, 0.717) is 11.5 Å². The number of fused-ring (bicyclic) bond motifs is 1. The second-order valence-corrected chi connectivity index (χ2v) is 7.70. The lowest BCUT2D eigenvalue weighted by atomic mass is 9.70. The normalized spacial score (nSPS) is 32.6. The maximum Gasteiger partial charge on any atom is 0.0325 e. The molecule has 1 aromatic carbocycles. The minimum absolute atomic E-state index is 0.342.